The number of hydrogen-bond acceptors (Lipinski definition) is 3. The number of amides is 1. The van der Waals surface area contributed by atoms with E-state index >= 15 is 0 Å². The number of hydrogen-bond donors (Lipinski definition) is 1. The maximum atomic E-state index is 12.7. The summed E-state index contributed by atoms with van der Waals surface area (Å²) in [5.41, 5.74) is 0.745. The second-order valence-corrected chi connectivity index (χ2v) is 5.38. The van der Waals surface area contributed by atoms with Crippen LogP contribution in [0.25, 0.3) is 0 Å². The Balaban J connectivity index is 2.05. The van der Waals surface area contributed by atoms with Crippen LogP contribution in [0.1, 0.15) is 38.2 Å². The van der Waals surface area contributed by atoms with E-state index in [1.807, 2.05) is 30.3 Å². The van der Waals surface area contributed by atoms with Crippen molar-refractivity contribution in [2.75, 3.05) is 13.6 Å². The van der Waals surface area contributed by atoms with E-state index in [1.165, 1.54) is 0 Å². The van der Waals surface area contributed by atoms with Crippen LogP contribution in [0.15, 0.2) is 24.5 Å². The molecule has 0 spiro atoms. The lowest BCUT2D eigenvalue weighted by molar-refractivity contribution is -0.137. The van der Waals surface area contributed by atoms with Crippen LogP contribution < -0.4 is 5.32 Å². The standard InChI is InChI=1S/C15H23N3O/c1-3-7-15(8-5-10-17-15)14(19)18(2)12-13-6-4-9-16-11-13/h4,6,9,11,17H,3,5,7-8,10,12H2,1-2H3. The summed E-state index contributed by atoms with van der Waals surface area (Å²) in [5.74, 6) is 0.218. The summed E-state index contributed by atoms with van der Waals surface area (Å²) in [5, 5.41) is 3.43. The first-order valence-corrected chi connectivity index (χ1v) is 7.07. The van der Waals surface area contributed by atoms with Crippen LogP contribution in [0.4, 0.5) is 0 Å². The van der Waals surface area contributed by atoms with Crippen LogP contribution in [0, 0.1) is 0 Å². The first kappa shape index (κ1) is 14.0. The van der Waals surface area contributed by atoms with Crippen LogP contribution >= 0.6 is 0 Å². The van der Waals surface area contributed by atoms with Crippen LogP contribution in [0.2, 0.25) is 0 Å². The number of aromatic nitrogens is 1. The molecule has 1 atom stereocenters. The first-order chi connectivity index (χ1) is 9.18. The Morgan fingerprint density at radius 2 is 2.42 bits per heavy atom. The molecule has 1 N–H and O–H groups in total. The molecule has 0 aromatic carbocycles. The summed E-state index contributed by atoms with van der Waals surface area (Å²) in [6.45, 7) is 3.71. The van der Waals surface area contributed by atoms with Crippen molar-refractivity contribution >= 4 is 5.91 Å². The molecule has 0 radical (unpaired) electrons. The largest absolute Gasteiger partial charge is 0.340 e. The average Bonchev–Trinajstić information content (AvgIpc) is 2.89. The SMILES string of the molecule is CCCC1(C(=O)N(C)Cc2cccnc2)CCCN1. The lowest BCUT2D eigenvalue weighted by Crippen LogP contribution is -2.53. The highest BCUT2D eigenvalue weighted by atomic mass is 16.2. The summed E-state index contributed by atoms with van der Waals surface area (Å²) in [6, 6.07) is 3.91. The highest BCUT2D eigenvalue weighted by Gasteiger charge is 2.41. The lowest BCUT2D eigenvalue weighted by Gasteiger charge is -2.32. The molecule has 2 heterocycles. The summed E-state index contributed by atoms with van der Waals surface area (Å²) >= 11 is 0. The number of nitrogens with one attached hydrogen (secondary N) is 1. The number of carbonyl (C=O) groups is 1. The molecule has 1 fully saturated rings. The number of carbonyl (C=O) groups excluding carboxylic acids is 1. The topological polar surface area (TPSA) is 45.2 Å². The second kappa shape index (κ2) is 6.15. The molecule has 0 saturated carbocycles. The molecular weight excluding hydrogens is 238 g/mol. The molecule has 1 aromatic rings. The summed E-state index contributed by atoms with van der Waals surface area (Å²) in [6.07, 6.45) is 7.56. The van der Waals surface area contributed by atoms with E-state index in [9.17, 15) is 4.79 Å². The first-order valence-electron chi connectivity index (χ1n) is 7.07. The Morgan fingerprint density at radius 3 is 3.00 bits per heavy atom. The van der Waals surface area contributed by atoms with Crippen LogP contribution in [0.5, 0.6) is 0 Å². The Kier molecular flexibility index (Phi) is 4.53. The third-order valence-electron chi connectivity index (χ3n) is 3.82. The van der Waals surface area contributed by atoms with E-state index in [4.69, 9.17) is 0 Å². The van der Waals surface area contributed by atoms with Gasteiger partial charge in [0.1, 0.15) is 0 Å². The average molecular weight is 261 g/mol. The second-order valence-electron chi connectivity index (χ2n) is 5.38. The van der Waals surface area contributed by atoms with Gasteiger partial charge in [-0.25, -0.2) is 0 Å². The monoisotopic (exact) mass is 261 g/mol. The van der Waals surface area contributed by atoms with Crippen LogP contribution in [0.3, 0.4) is 0 Å². The van der Waals surface area contributed by atoms with Gasteiger partial charge in [-0.1, -0.05) is 19.4 Å². The van der Waals surface area contributed by atoms with Crippen LogP contribution in [-0.4, -0.2) is 34.9 Å². The van der Waals surface area contributed by atoms with Crippen molar-refractivity contribution in [3.05, 3.63) is 30.1 Å². The fraction of sp³-hybridized carbons (Fsp3) is 0.600. The van der Waals surface area contributed by atoms with Gasteiger partial charge in [0.05, 0.1) is 5.54 Å². The molecule has 19 heavy (non-hydrogen) atoms. The van der Waals surface area contributed by atoms with Gasteiger partial charge in [0, 0.05) is 26.0 Å². The van der Waals surface area contributed by atoms with E-state index < -0.39 is 0 Å². The van der Waals surface area contributed by atoms with E-state index in [0.717, 1.165) is 37.8 Å². The molecule has 0 aliphatic carbocycles. The molecule has 2 rings (SSSR count). The molecule has 0 bridgehead atoms. The maximum Gasteiger partial charge on any atom is 0.242 e. The maximum absolute atomic E-state index is 12.7. The van der Waals surface area contributed by atoms with Crippen molar-refractivity contribution in [2.24, 2.45) is 0 Å². The van der Waals surface area contributed by atoms with Crippen molar-refractivity contribution in [3.8, 4) is 0 Å². The minimum Gasteiger partial charge on any atom is -0.340 e. The summed E-state index contributed by atoms with van der Waals surface area (Å²) in [4.78, 5) is 18.6. The highest BCUT2D eigenvalue weighted by molar-refractivity contribution is 5.86. The summed E-state index contributed by atoms with van der Waals surface area (Å²) < 4.78 is 0. The van der Waals surface area contributed by atoms with E-state index in [1.54, 1.807) is 6.20 Å². The third kappa shape index (κ3) is 3.13. The molecule has 1 unspecified atom stereocenters. The van der Waals surface area contributed by atoms with E-state index in [-0.39, 0.29) is 11.4 Å². The molecule has 1 saturated heterocycles. The zero-order valence-corrected chi connectivity index (χ0v) is 11.9. The van der Waals surface area contributed by atoms with E-state index in [0.29, 0.717) is 6.54 Å². The van der Waals surface area contributed by atoms with Gasteiger partial charge in [-0.05, 0) is 37.4 Å². The van der Waals surface area contributed by atoms with Gasteiger partial charge in [0.25, 0.3) is 0 Å². The minimum atomic E-state index is -0.328. The quantitative estimate of drug-likeness (QED) is 0.881. The van der Waals surface area contributed by atoms with Gasteiger partial charge < -0.3 is 10.2 Å². The zero-order chi connectivity index (χ0) is 13.7. The number of rotatable bonds is 5. The van der Waals surface area contributed by atoms with Gasteiger partial charge >= 0.3 is 0 Å². The molecule has 4 nitrogen and oxygen atoms in total. The van der Waals surface area contributed by atoms with Gasteiger partial charge in [-0.15, -0.1) is 0 Å². The minimum absolute atomic E-state index is 0.218. The van der Waals surface area contributed by atoms with Crippen LogP contribution in [-0.2, 0) is 11.3 Å². The van der Waals surface area contributed by atoms with Gasteiger partial charge in [-0.2, -0.15) is 0 Å². The number of pyridine rings is 1. The molecular formula is C15H23N3O. The van der Waals surface area contributed by atoms with Crippen molar-refractivity contribution < 1.29 is 4.79 Å². The molecule has 1 aromatic heterocycles. The smallest absolute Gasteiger partial charge is 0.242 e. The molecule has 1 amide bonds. The van der Waals surface area contributed by atoms with Crippen molar-refractivity contribution in [1.82, 2.24) is 15.2 Å². The molecule has 1 aliphatic heterocycles. The molecule has 104 valence electrons. The third-order valence-corrected chi connectivity index (χ3v) is 3.82. The zero-order valence-electron chi connectivity index (χ0n) is 11.9. The van der Waals surface area contributed by atoms with Crippen molar-refractivity contribution in [1.29, 1.82) is 0 Å². The molecule has 1 aliphatic rings. The predicted octanol–water partition coefficient (Wildman–Crippen LogP) is 1.96. The number of likely N-dealkylation sites (N-methyl/N-ethyl adjacent to an activating group) is 1. The fourth-order valence-corrected chi connectivity index (χ4v) is 2.94. The predicted molar refractivity (Wildman–Crippen MR) is 75.6 cm³/mol. The summed E-state index contributed by atoms with van der Waals surface area (Å²) in [7, 11) is 1.88. The van der Waals surface area contributed by atoms with Gasteiger partial charge in [0.2, 0.25) is 5.91 Å². The Bertz CT molecular complexity index is 413. The normalized spacial score (nSPS) is 22.4. The van der Waals surface area contributed by atoms with Crippen molar-refractivity contribution in [2.45, 2.75) is 44.7 Å². The lowest BCUT2D eigenvalue weighted by atomic mass is 9.90. The number of nitrogens with zero attached hydrogens (tertiary/aromatic N) is 2. The Morgan fingerprint density at radius 1 is 1.58 bits per heavy atom. The fourth-order valence-electron chi connectivity index (χ4n) is 2.94. The Labute approximate surface area is 115 Å². The highest BCUT2D eigenvalue weighted by Crippen LogP contribution is 2.27. The van der Waals surface area contributed by atoms with Gasteiger partial charge in [0.15, 0.2) is 0 Å². The Hall–Kier alpha value is -1.42. The van der Waals surface area contributed by atoms with E-state index in [2.05, 4.69) is 17.2 Å². The van der Waals surface area contributed by atoms with Crippen molar-refractivity contribution in [3.63, 3.8) is 0 Å². The van der Waals surface area contributed by atoms with Gasteiger partial charge in [-0.3, -0.25) is 9.78 Å². The molecule has 4 heteroatoms.